The highest BCUT2D eigenvalue weighted by atomic mass is 32.2. The smallest absolute Gasteiger partial charge is 0.241 e. The maximum atomic E-state index is 12.0. The Morgan fingerprint density at radius 1 is 1.33 bits per heavy atom. The number of hydrogen-bond donors (Lipinski definition) is 1. The summed E-state index contributed by atoms with van der Waals surface area (Å²) in [4.78, 5) is 11.5. The molecular weight excluding hydrogens is 254 g/mol. The second-order valence-corrected chi connectivity index (χ2v) is 5.55. The van der Waals surface area contributed by atoms with Crippen LogP contribution in [-0.4, -0.2) is 27.4 Å². The van der Waals surface area contributed by atoms with E-state index in [2.05, 4.69) is 4.72 Å². The van der Waals surface area contributed by atoms with Gasteiger partial charge in [-0.2, -0.15) is 0 Å². The van der Waals surface area contributed by atoms with Crippen molar-refractivity contribution in [3.8, 4) is 5.75 Å². The molecule has 0 aliphatic rings. The first-order chi connectivity index (χ1) is 8.40. The van der Waals surface area contributed by atoms with E-state index in [-0.39, 0.29) is 10.7 Å². The number of ketones is 1. The Bertz CT molecular complexity index is 507. The predicted molar refractivity (Wildman–Crippen MR) is 68.1 cm³/mol. The van der Waals surface area contributed by atoms with Crippen LogP contribution in [0.15, 0.2) is 29.2 Å². The van der Waals surface area contributed by atoms with E-state index in [0.717, 1.165) is 0 Å². The molecule has 0 amide bonds. The van der Waals surface area contributed by atoms with Crippen molar-refractivity contribution in [2.45, 2.75) is 31.2 Å². The number of methoxy groups -OCH3 is 1. The highest BCUT2D eigenvalue weighted by molar-refractivity contribution is 7.89. The van der Waals surface area contributed by atoms with Crippen molar-refractivity contribution < 1.29 is 17.9 Å². The number of rotatable bonds is 6. The van der Waals surface area contributed by atoms with Gasteiger partial charge < -0.3 is 4.74 Å². The normalized spacial score (nSPS) is 13.1. The third kappa shape index (κ3) is 3.54. The van der Waals surface area contributed by atoms with Crippen LogP contribution in [0, 0.1) is 0 Å². The first-order valence-electron chi connectivity index (χ1n) is 5.59. The Hall–Kier alpha value is -1.40. The molecule has 0 bridgehead atoms. The minimum atomic E-state index is -3.67. The first kappa shape index (κ1) is 14.7. The lowest BCUT2D eigenvalue weighted by Gasteiger charge is -2.12. The molecule has 1 rings (SSSR count). The maximum Gasteiger partial charge on any atom is 0.241 e. The van der Waals surface area contributed by atoms with Gasteiger partial charge in [0, 0.05) is 6.42 Å². The fraction of sp³-hybridized carbons (Fsp3) is 0.417. The third-order valence-corrected chi connectivity index (χ3v) is 4.09. The van der Waals surface area contributed by atoms with Gasteiger partial charge in [-0.15, -0.1) is 0 Å². The lowest BCUT2D eigenvalue weighted by molar-refractivity contribution is -0.119. The van der Waals surface area contributed by atoms with Gasteiger partial charge in [-0.25, -0.2) is 13.1 Å². The molecule has 0 saturated carbocycles. The number of nitrogens with one attached hydrogen (secondary N) is 1. The summed E-state index contributed by atoms with van der Waals surface area (Å²) in [5.41, 5.74) is 0. The Balaban J connectivity index is 2.89. The second-order valence-electron chi connectivity index (χ2n) is 3.84. The Morgan fingerprint density at radius 2 is 1.89 bits per heavy atom. The van der Waals surface area contributed by atoms with E-state index in [9.17, 15) is 13.2 Å². The van der Waals surface area contributed by atoms with Crippen molar-refractivity contribution in [1.29, 1.82) is 0 Å². The summed E-state index contributed by atoms with van der Waals surface area (Å²) in [6, 6.07) is 5.26. The van der Waals surface area contributed by atoms with Crippen LogP contribution in [0.3, 0.4) is 0 Å². The molecule has 0 aromatic heterocycles. The first-order valence-corrected chi connectivity index (χ1v) is 7.08. The average Bonchev–Trinajstić information content (AvgIpc) is 2.37. The van der Waals surface area contributed by atoms with Gasteiger partial charge >= 0.3 is 0 Å². The molecule has 6 heteroatoms. The molecule has 0 spiro atoms. The van der Waals surface area contributed by atoms with Crippen LogP contribution in [0.25, 0.3) is 0 Å². The molecule has 0 heterocycles. The van der Waals surface area contributed by atoms with E-state index in [1.165, 1.54) is 26.2 Å². The number of hydrogen-bond acceptors (Lipinski definition) is 4. The molecule has 1 atom stereocenters. The molecular formula is C12H17NO4S. The zero-order valence-corrected chi connectivity index (χ0v) is 11.5. The average molecular weight is 271 g/mol. The topological polar surface area (TPSA) is 72.5 Å². The number of ether oxygens (including phenoxy) is 1. The maximum absolute atomic E-state index is 12.0. The molecule has 0 aliphatic heterocycles. The SMILES string of the molecule is CCC(=O)C(C)NS(=O)(=O)c1ccc(OC)cc1. The fourth-order valence-corrected chi connectivity index (χ4v) is 2.65. The molecule has 0 fully saturated rings. The van der Waals surface area contributed by atoms with E-state index in [4.69, 9.17) is 4.74 Å². The van der Waals surface area contributed by atoms with E-state index in [1.54, 1.807) is 19.1 Å². The van der Waals surface area contributed by atoms with Gasteiger partial charge in [-0.05, 0) is 31.2 Å². The van der Waals surface area contributed by atoms with Crippen LogP contribution in [0.1, 0.15) is 20.3 Å². The van der Waals surface area contributed by atoms with Gasteiger partial charge in [0.15, 0.2) is 0 Å². The van der Waals surface area contributed by atoms with Crippen molar-refractivity contribution in [2.75, 3.05) is 7.11 Å². The summed E-state index contributed by atoms with van der Waals surface area (Å²) in [6.07, 6.45) is 0.298. The van der Waals surface area contributed by atoms with E-state index in [1.807, 2.05) is 0 Å². The van der Waals surface area contributed by atoms with Gasteiger partial charge in [0.1, 0.15) is 11.5 Å². The van der Waals surface area contributed by atoms with Crippen LogP contribution < -0.4 is 9.46 Å². The van der Waals surface area contributed by atoms with Crippen LogP contribution in [0.5, 0.6) is 5.75 Å². The van der Waals surface area contributed by atoms with Gasteiger partial charge in [0.2, 0.25) is 10.0 Å². The summed E-state index contributed by atoms with van der Waals surface area (Å²) in [7, 11) is -2.16. The monoisotopic (exact) mass is 271 g/mol. The molecule has 18 heavy (non-hydrogen) atoms. The number of sulfonamides is 1. The predicted octanol–water partition coefficient (Wildman–Crippen LogP) is 1.34. The van der Waals surface area contributed by atoms with Gasteiger partial charge in [0.25, 0.3) is 0 Å². The summed E-state index contributed by atoms with van der Waals surface area (Å²) < 4.78 is 31.2. The number of benzene rings is 1. The van der Waals surface area contributed by atoms with Crippen LogP contribution in [0.4, 0.5) is 0 Å². The molecule has 0 radical (unpaired) electrons. The van der Waals surface area contributed by atoms with Crippen molar-refractivity contribution in [3.63, 3.8) is 0 Å². The summed E-state index contributed by atoms with van der Waals surface area (Å²) in [5.74, 6) is 0.429. The third-order valence-electron chi connectivity index (χ3n) is 2.53. The quantitative estimate of drug-likeness (QED) is 0.847. The largest absolute Gasteiger partial charge is 0.497 e. The van der Waals surface area contributed by atoms with Crippen molar-refractivity contribution >= 4 is 15.8 Å². The van der Waals surface area contributed by atoms with Crippen molar-refractivity contribution in [2.24, 2.45) is 0 Å². The molecule has 1 unspecified atom stereocenters. The molecule has 5 nitrogen and oxygen atoms in total. The van der Waals surface area contributed by atoms with Crippen LogP contribution >= 0.6 is 0 Å². The van der Waals surface area contributed by atoms with Crippen molar-refractivity contribution in [3.05, 3.63) is 24.3 Å². The molecule has 1 aromatic rings. The highest BCUT2D eigenvalue weighted by Gasteiger charge is 2.20. The van der Waals surface area contributed by atoms with Crippen LogP contribution in [0.2, 0.25) is 0 Å². The molecule has 0 aliphatic carbocycles. The van der Waals surface area contributed by atoms with Gasteiger partial charge in [0.05, 0.1) is 18.0 Å². The molecule has 0 saturated heterocycles. The van der Waals surface area contributed by atoms with Crippen molar-refractivity contribution in [1.82, 2.24) is 4.72 Å². The molecule has 100 valence electrons. The summed E-state index contributed by atoms with van der Waals surface area (Å²) >= 11 is 0. The zero-order chi connectivity index (χ0) is 13.8. The highest BCUT2D eigenvalue weighted by Crippen LogP contribution is 2.15. The number of carbonyl (C=O) groups is 1. The summed E-state index contributed by atoms with van der Waals surface area (Å²) in [5, 5.41) is 0. The van der Waals surface area contributed by atoms with Gasteiger partial charge in [-0.1, -0.05) is 6.92 Å². The van der Waals surface area contributed by atoms with Gasteiger partial charge in [-0.3, -0.25) is 4.79 Å². The minimum absolute atomic E-state index is 0.110. The molecule has 1 aromatic carbocycles. The number of Topliss-reactive ketones (excluding diaryl/α,β-unsaturated/α-hetero) is 1. The lowest BCUT2D eigenvalue weighted by atomic mass is 10.2. The zero-order valence-electron chi connectivity index (χ0n) is 10.6. The Kier molecular flexibility index (Phi) is 4.86. The summed E-state index contributed by atoms with van der Waals surface area (Å²) in [6.45, 7) is 3.23. The second kappa shape index (κ2) is 5.97. The Labute approximate surface area is 107 Å². The number of carbonyl (C=O) groups excluding carboxylic acids is 1. The van der Waals surface area contributed by atoms with Crippen LogP contribution in [-0.2, 0) is 14.8 Å². The van der Waals surface area contributed by atoms with E-state index in [0.29, 0.717) is 12.2 Å². The Morgan fingerprint density at radius 3 is 2.33 bits per heavy atom. The van der Waals surface area contributed by atoms with E-state index < -0.39 is 16.1 Å². The van der Waals surface area contributed by atoms with E-state index >= 15 is 0 Å². The fourth-order valence-electron chi connectivity index (χ4n) is 1.43. The molecule has 1 N–H and O–H groups in total. The lowest BCUT2D eigenvalue weighted by Crippen LogP contribution is -2.38. The minimum Gasteiger partial charge on any atom is -0.497 e. The standard InChI is InChI=1S/C12H17NO4S/c1-4-12(14)9(2)13-18(15,16)11-7-5-10(17-3)6-8-11/h5-9,13H,4H2,1-3H3.